The van der Waals surface area contributed by atoms with Gasteiger partial charge < -0.3 is 0 Å². The van der Waals surface area contributed by atoms with Gasteiger partial charge in [-0.2, -0.15) is 0 Å². The molecule has 30 heavy (non-hydrogen) atoms. The second-order valence-electron chi connectivity index (χ2n) is 6.81. The van der Waals surface area contributed by atoms with Crippen LogP contribution in [0.15, 0.2) is 109 Å². The highest BCUT2D eigenvalue weighted by molar-refractivity contribution is 5.67. The molecule has 0 N–H and O–H groups in total. The number of benzene rings is 1. The van der Waals surface area contributed by atoms with Gasteiger partial charge in [0, 0.05) is 11.8 Å². The van der Waals surface area contributed by atoms with Crippen LogP contribution in [-0.2, 0) is 0 Å². The maximum atomic E-state index is 4.84. The molecule has 142 valence electrons. The van der Waals surface area contributed by atoms with Crippen LogP contribution in [-0.4, -0.2) is 19.9 Å². The molecule has 0 bridgehead atoms. The number of pyridine rings is 4. The average Bonchev–Trinajstić information content (AvgIpc) is 2.85. The molecule has 0 aliphatic carbocycles. The number of aromatic nitrogens is 4. The first-order chi connectivity index (χ1) is 14.9. The highest BCUT2D eigenvalue weighted by Gasteiger charge is 2.09. The summed E-state index contributed by atoms with van der Waals surface area (Å²) in [6, 6.07) is 33.8. The van der Waals surface area contributed by atoms with E-state index >= 15 is 0 Å². The lowest BCUT2D eigenvalue weighted by Gasteiger charge is -2.07. The third kappa shape index (κ3) is 3.71. The van der Waals surface area contributed by atoms with Gasteiger partial charge >= 0.3 is 0 Å². The molecular weight excluding hydrogens is 368 g/mol. The van der Waals surface area contributed by atoms with E-state index in [4.69, 9.17) is 15.0 Å². The van der Waals surface area contributed by atoms with E-state index in [2.05, 4.69) is 17.1 Å². The largest absolute Gasteiger partial charge is 0.255 e. The minimum Gasteiger partial charge on any atom is -0.255 e. The van der Waals surface area contributed by atoms with Crippen molar-refractivity contribution in [3.05, 3.63) is 109 Å². The van der Waals surface area contributed by atoms with E-state index in [0.29, 0.717) is 0 Å². The van der Waals surface area contributed by atoms with Gasteiger partial charge in [-0.25, -0.2) is 15.0 Å². The van der Waals surface area contributed by atoms with Crippen molar-refractivity contribution in [1.82, 2.24) is 19.9 Å². The lowest BCUT2D eigenvalue weighted by atomic mass is 10.1. The Morgan fingerprint density at radius 1 is 0.333 bits per heavy atom. The van der Waals surface area contributed by atoms with Crippen molar-refractivity contribution in [2.24, 2.45) is 0 Å². The number of rotatable bonds is 4. The van der Waals surface area contributed by atoms with E-state index in [1.165, 1.54) is 0 Å². The summed E-state index contributed by atoms with van der Waals surface area (Å²) in [4.78, 5) is 18.8. The van der Waals surface area contributed by atoms with Crippen LogP contribution >= 0.6 is 0 Å². The maximum Gasteiger partial charge on any atom is 0.0894 e. The summed E-state index contributed by atoms with van der Waals surface area (Å²) >= 11 is 0. The minimum atomic E-state index is 0.803. The first-order valence-corrected chi connectivity index (χ1v) is 9.75. The van der Waals surface area contributed by atoms with Gasteiger partial charge in [-0.15, -0.1) is 0 Å². The molecule has 0 fully saturated rings. The van der Waals surface area contributed by atoms with Crippen LogP contribution < -0.4 is 0 Å². The quantitative estimate of drug-likeness (QED) is 0.384. The normalized spacial score (nSPS) is 10.7. The topological polar surface area (TPSA) is 51.6 Å². The van der Waals surface area contributed by atoms with Crippen LogP contribution in [0.3, 0.4) is 0 Å². The van der Waals surface area contributed by atoms with Crippen molar-refractivity contribution < 1.29 is 0 Å². The van der Waals surface area contributed by atoms with Gasteiger partial charge in [0.1, 0.15) is 0 Å². The zero-order valence-electron chi connectivity index (χ0n) is 16.2. The number of hydrogen-bond acceptors (Lipinski definition) is 4. The molecule has 0 aliphatic heterocycles. The van der Waals surface area contributed by atoms with Gasteiger partial charge in [-0.05, 0) is 48.5 Å². The fourth-order valence-electron chi connectivity index (χ4n) is 3.30. The van der Waals surface area contributed by atoms with Gasteiger partial charge in [0.2, 0.25) is 0 Å². The van der Waals surface area contributed by atoms with Crippen molar-refractivity contribution in [2.75, 3.05) is 0 Å². The fourth-order valence-corrected chi connectivity index (χ4v) is 3.30. The van der Waals surface area contributed by atoms with Gasteiger partial charge in [0.25, 0.3) is 0 Å². The fraction of sp³-hybridized carbons (Fsp3) is 0. The molecule has 4 heterocycles. The predicted molar refractivity (Wildman–Crippen MR) is 119 cm³/mol. The third-order valence-electron chi connectivity index (χ3n) is 4.77. The zero-order chi connectivity index (χ0) is 20.2. The van der Waals surface area contributed by atoms with Crippen molar-refractivity contribution in [2.45, 2.75) is 0 Å². The van der Waals surface area contributed by atoms with Crippen LogP contribution in [0.2, 0.25) is 0 Å². The Morgan fingerprint density at radius 2 is 0.767 bits per heavy atom. The Bertz CT molecular complexity index is 1190. The van der Waals surface area contributed by atoms with Crippen molar-refractivity contribution in [3.8, 4) is 45.4 Å². The highest BCUT2D eigenvalue weighted by Crippen LogP contribution is 2.25. The molecular formula is C26H18N4. The van der Waals surface area contributed by atoms with Crippen LogP contribution in [0, 0.1) is 0 Å². The van der Waals surface area contributed by atoms with E-state index in [1.54, 1.807) is 6.20 Å². The van der Waals surface area contributed by atoms with Crippen LogP contribution in [0.25, 0.3) is 45.4 Å². The van der Waals surface area contributed by atoms with E-state index in [0.717, 1.165) is 45.4 Å². The monoisotopic (exact) mass is 386 g/mol. The van der Waals surface area contributed by atoms with E-state index in [-0.39, 0.29) is 0 Å². The molecule has 0 saturated carbocycles. The molecule has 0 aliphatic rings. The van der Waals surface area contributed by atoms with Gasteiger partial charge in [-0.1, -0.05) is 54.6 Å². The van der Waals surface area contributed by atoms with Crippen LogP contribution in [0.5, 0.6) is 0 Å². The molecule has 1 aromatic carbocycles. The molecule has 0 saturated heterocycles. The van der Waals surface area contributed by atoms with Crippen molar-refractivity contribution in [3.63, 3.8) is 0 Å². The summed E-state index contributed by atoms with van der Waals surface area (Å²) in [5.74, 6) is 0. The Hall–Kier alpha value is -4.18. The van der Waals surface area contributed by atoms with Crippen molar-refractivity contribution in [1.29, 1.82) is 0 Å². The number of hydrogen-bond donors (Lipinski definition) is 0. The molecule has 0 radical (unpaired) electrons. The summed E-state index contributed by atoms with van der Waals surface area (Å²) in [5.41, 5.74) is 6.93. The third-order valence-corrected chi connectivity index (χ3v) is 4.77. The summed E-state index contributed by atoms with van der Waals surface area (Å²) in [7, 11) is 0. The summed E-state index contributed by atoms with van der Waals surface area (Å²) < 4.78 is 0. The molecule has 0 amide bonds. The maximum absolute atomic E-state index is 4.84. The Morgan fingerprint density at radius 3 is 1.30 bits per heavy atom. The SMILES string of the molecule is c1ccc(-c2cccc(-c3cccc(-c4cccc(-c5ccccn5)n4)n3)n2)cc1. The van der Waals surface area contributed by atoms with Gasteiger partial charge in [0.05, 0.1) is 39.9 Å². The molecule has 4 aromatic heterocycles. The highest BCUT2D eigenvalue weighted by atomic mass is 14.8. The van der Waals surface area contributed by atoms with Gasteiger partial charge in [0.15, 0.2) is 0 Å². The van der Waals surface area contributed by atoms with E-state index in [9.17, 15) is 0 Å². The summed E-state index contributed by atoms with van der Waals surface area (Å²) in [6.45, 7) is 0. The summed E-state index contributed by atoms with van der Waals surface area (Å²) in [5, 5.41) is 0. The summed E-state index contributed by atoms with van der Waals surface area (Å²) in [6.07, 6.45) is 1.77. The first-order valence-electron chi connectivity index (χ1n) is 9.75. The molecule has 4 heteroatoms. The van der Waals surface area contributed by atoms with Crippen LogP contribution in [0.4, 0.5) is 0 Å². The standard InChI is InChI=1S/C26H18N4/c1-2-9-19(10-3-1)20-12-6-14-23(28-20)24-16-8-17-26(30-24)25-15-7-13-22(29-25)21-11-4-5-18-27-21/h1-18H. The Balaban J connectivity index is 1.52. The van der Waals surface area contributed by atoms with Gasteiger partial charge in [-0.3, -0.25) is 4.98 Å². The first kappa shape index (κ1) is 17.9. The zero-order valence-corrected chi connectivity index (χ0v) is 16.2. The second kappa shape index (κ2) is 8.05. The molecule has 0 atom stereocenters. The van der Waals surface area contributed by atoms with Crippen LogP contribution in [0.1, 0.15) is 0 Å². The lowest BCUT2D eigenvalue weighted by Crippen LogP contribution is -1.94. The van der Waals surface area contributed by atoms with E-state index in [1.807, 2.05) is 91.0 Å². The lowest BCUT2D eigenvalue weighted by molar-refractivity contribution is 1.20. The molecule has 5 rings (SSSR count). The smallest absolute Gasteiger partial charge is 0.0894 e. The molecule has 0 unspecified atom stereocenters. The average molecular weight is 386 g/mol. The molecule has 0 spiro atoms. The van der Waals surface area contributed by atoms with Crippen molar-refractivity contribution >= 4 is 0 Å². The number of nitrogens with zero attached hydrogens (tertiary/aromatic N) is 4. The van der Waals surface area contributed by atoms with E-state index < -0.39 is 0 Å². The molecule has 4 nitrogen and oxygen atoms in total. The molecule has 5 aromatic rings. The predicted octanol–water partition coefficient (Wildman–Crippen LogP) is 5.93. The minimum absolute atomic E-state index is 0.803. The Kier molecular flexibility index (Phi) is 4.80. The Labute approximate surface area is 175 Å². The second-order valence-corrected chi connectivity index (χ2v) is 6.81.